The van der Waals surface area contributed by atoms with E-state index < -0.39 is 59.8 Å². The van der Waals surface area contributed by atoms with Crippen molar-refractivity contribution in [3.8, 4) is 17.2 Å². The Hall–Kier alpha value is -5.27. The van der Waals surface area contributed by atoms with Crippen LogP contribution in [-0.4, -0.2) is 54.1 Å². The number of fused-ring (bicyclic) bond motifs is 3. The Morgan fingerprint density at radius 2 is 0.961 bits per heavy atom. The summed E-state index contributed by atoms with van der Waals surface area (Å²) < 4.78 is 37.6. The molecule has 0 N–H and O–H groups in total. The van der Waals surface area contributed by atoms with Gasteiger partial charge in [-0.15, -0.1) is 0 Å². The summed E-state index contributed by atoms with van der Waals surface area (Å²) in [5, 5.41) is 0.587. The number of esters is 6. The van der Waals surface area contributed by atoms with Gasteiger partial charge in [-0.3, -0.25) is 28.8 Å². The fourth-order valence-electron chi connectivity index (χ4n) is 4.93. The molecule has 14 nitrogen and oxygen atoms in total. The summed E-state index contributed by atoms with van der Waals surface area (Å²) in [5.74, 6) is -4.16. The topological polar surface area (TPSA) is 188 Å². The lowest BCUT2D eigenvalue weighted by Crippen LogP contribution is -2.23. The van der Waals surface area contributed by atoms with Gasteiger partial charge in [-0.05, 0) is 64.3 Å². The van der Waals surface area contributed by atoms with E-state index >= 15 is 0 Å². The number of carbonyl (C=O) groups is 6. The summed E-state index contributed by atoms with van der Waals surface area (Å²) in [6, 6.07) is 6.82. The minimum Gasteiger partial charge on any atom is -0.462 e. The molecule has 0 radical (unpaired) electrons. The van der Waals surface area contributed by atoms with Gasteiger partial charge in [0.05, 0.1) is 24.6 Å². The first kappa shape index (κ1) is 40.2. The SMILES string of the molecule is CCCC(=O)O[C@H](C)CC(=O)Oc1ccc2c(c1)oc(=O)c1cc(OC(=O)C[C@@H](C)OC(=O)CCC)c(OC(=O)C[C@@H](C)OC(=O)CCC)cc12. The molecule has 3 atom stereocenters. The van der Waals surface area contributed by atoms with Gasteiger partial charge in [0.1, 0.15) is 29.6 Å². The maximum absolute atomic E-state index is 13.2. The molecule has 276 valence electrons. The van der Waals surface area contributed by atoms with Crippen molar-refractivity contribution in [1.29, 1.82) is 0 Å². The first-order valence-corrected chi connectivity index (χ1v) is 17.0. The van der Waals surface area contributed by atoms with Gasteiger partial charge in [0.15, 0.2) is 11.5 Å². The molecular formula is C37H44O14. The van der Waals surface area contributed by atoms with Crippen molar-refractivity contribution < 1.29 is 61.6 Å². The van der Waals surface area contributed by atoms with E-state index in [-0.39, 0.29) is 72.1 Å². The van der Waals surface area contributed by atoms with E-state index in [1.807, 2.05) is 20.8 Å². The van der Waals surface area contributed by atoms with Crippen molar-refractivity contribution in [1.82, 2.24) is 0 Å². The number of hydrogen-bond acceptors (Lipinski definition) is 14. The van der Waals surface area contributed by atoms with Crippen molar-refractivity contribution in [3.63, 3.8) is 0 Å². The van der Waals surface area contributed by atoms with Crippen LogP contribution in [0.5, 0.6) is 17.2 Å². The lowest BCUT2D eigenvalue weighted by atomic mass is 10.1. The molecule has 1 aromatic heterocycles. The lowest BCUT2D eigenvalue weighted by molar-refractivity contribution is -0.153. The average molecular weight is 713 g/mol. The number of ether oxygens (including phenoxy) is 6. The monoisotopic (exact) mass is 712 g/mol. The number of rotatable bonds is 18. The van der Waals surface area contributed by atoms with Gasteiger partial charge in [-0.1, -0.05) is 20.8 Å². The molecule has 0 bridgehead atoms. The van der Waals surface area contributed by atoms with Crippen LogP contribution in [0.25, 0.3) is 21.7 Å². The highest BCUT2D eigenvalue weighted by Gasteiger charge is 2.23. The van der Waals surface area contributed by atoms with Crippen molar-refractivity contribution in [3.05, 3.63) is 40.8 Å². The zero-order chi connectivity index (χ0) is 37.7. The number of benzene rings is 2. The Labute approximate surface area is 294 Å². The van der Waals surface area contributed by atoms with Crippen molar-refractivity contribution in [2.24, 2.45) is 0 Å². The van der Waals surface area contributed by atoms with Crippen molar-refractivity contribution in [2.75, 3.05) is 0 Å². The molecule has 0 aliphatic carbocycles. The molecule has 0 saturated heterocycles. The first-order valence-electron chi connectivity index (χ1n) is 17.0. The van der Waals surface area contributed by atoms with Crippen molar-refractivity contribution in [2.45, 2.75) is 118 Å². The Morgan fingerprint density at radius 1 is 0.549 bits per heavy atom. The van der Waals surface area contributed by atoms with E-state index in [1.54, 1.807) is 6.92 Å². The predicted octanol–water partition coefficient (Wildman–Crippen LogP) is 6.03. The molecule has 0 unspecified atom stereocenters. The van der Waals surface area contributed by atoms with Gasteiger partial charge in [0.2, 0.25) is 0 Å². The molecule has 14 heteroatoms. The third kappa shape index (κ3) is 12.5. The fourth-order valence-corrected chi connectivity index (χ4v) is 4.93. The van der Waals surface area contributed by atoms with Crippen LogP contribution in [0.15, 0.2) is 39.5 Å². The van der Waals surface area contributed by atoms with E-state index in [2.05, 4.69) is 0 Å². The summed E-state index contributed by atoms with van der Waals surface area (Å²) in [7, 11) is 0. The van der Waals surface area contributed by atoms with Crippen LogP contribution in [0.1, 0.15) is 99.3 Å². The minimum atomic E-state index is -0.842. The largest absolute Gasteiger partial charge is 0.462 e. The number of carbonyl (C=O) groups excluding carboxylic acids is 6. The van der Waals surface area contributed by atoms with Gasteiger partial charge in [-0.2, -0.15) is 0 Å². The predicted molar refractivity (Wildman–Crippen MR) is 182 cm³/mol. The summed E-state index contributed by atoms with van der Waals surface area (Å²) >= 11 is 0. The maximum atomic E-state index is 13.2. The molecule has 0 saturated carbocycles. The van der Waals surface area contributed by atoms with Crippen LogP contribution in [0.4, 0.5) is 0 Å². The van der Waals surface area contributed by atoms with Crippen LogP contribution in [0.2, 0.25) is 0 Å². The molecule has 3 aromatic rings. The highest BCUT2D eigenvalue weighted by atomic mass is 16.6. The lowest BCUT2D eigenvalue weighted by Gasteiger charge is -2.16. The highest BCUT2D eigenvalue weighted by molar-refractivity contribution is 6.06. The third-order valence-electron chi connectivity index (χ3n) is 7.15. The summed E-state index contributed by atoms with van der Waals surface area (Å²) in [6.07, 6.45) is -0.886. The van der Waals surface area contributed by atoms with E-state index in [4.69, 9.17) is 32.8 Å². The number of hydrogen-bond donors (Lipinski definition) is 0. The molecule has 1 heterocycles. The van der Waals surface area contributed by atoms with Gasteiger partial charge in [0, 0.05) is 36.1 Å². The molecular weight excluding hydrogens is 668 g/mol. The smallest absolute Gasteiger partial charge is 0.344 e. The second-order valence-electron chi connectivity index (χ2n) is 12.1. The Balaban J connectivity index is 1.93. The van der Waals surface area contributed by atoms with E-state index in [0.717, 1.165) is 0 Å². The molecule has 2 aromatic carbocycles. The average Bonchev–Trinajstić information content (AvgIpc) is 3.01. The first-order chi connectivity index (χ1) is 24.2. The van der Waals surface area contributed by atoms with Crippen LogP contribution in [0.3, 0.4) is 0 Å². The minimum absolute atomic E-state index is 0.0261. The highest BCUT2D eigenvalue weighted by Crippen LogP contribution is 2.36. The Morgan fingerprint density at radius 3 is 1.39 bits per heavy atom. The fraction of sp³-hybridized carbons (Fsp3) is 0.486. The Bertz CT molecular complexity index is 1810. The third-order valence-corrected chi connectivity index (χ3v) is 7.15. The van der Waals surface area contributed by atoms with Crippen LogP contribution >= 0.6 is 0 Å². The Kier molecular flexibility index (Phi) is 15.1. The van der Waals surface area contributed by atoms with Gasteiger partial charge < -0.3 is 32.8 Å². The van der Waals surface area contributed by atoms with Crippen LogP contribution < -0.4 is 19.8 Å². The summed E-state index contributed by atoms with van der Waals surface area (Å²) in [5.41, 5.74) is -0.813. The molecule has 0 spiro atoms. The zero-order valence-electron chi connectivity index (χ0n) is 29.7. The van der Waals surface area contributed by atoms with Crippen molar-refractivity contribution >= 4 is 57.6 Å². The van der Waals surface area contributed by atoms with Crippen LogP contribution in [-0.2, 0) is 43.0 Å². The summed E-state index contributed by atoms with van der Waals surface area (Å²) in [6.45, 7) is 10.1. The van der Waals surface area contributed by atoms with E-state index in [1.165, 1.54) is 44.2 Å². The zero-order valence-corrected chi connectivity index (χ0v) is 29.7. The van der Waals surface area contributed by atoms with E-state index in [0.29, 0.717) is 24.6 Å². The molecule has 51 heavy (non-hydrogen) atoms. The second kappa shape index (κ2) is 19.2. The second-order valence-corrected chi connectivity index (χ2v) is 12.1. The normalized spacial score (nSPS) is 12.7. The van der Waals surface area contributed by atoms with Gasteiger partial charge in [-0.25, -0.2) is 4.79 Å². The maximum Gasteiger partial charge on any atom is 0.344 e. The standard InChI is InChI=1S/C37H44O14/c1-7-10-31(38)45-21(4)15-34(41)48-24-13-14-25-26-19-29(49-35(42)16-22(5)46-32(39)11-8-2)30(20-27(26)37(44)51-28(25)18-24)50-36(43)17-23(6)47-33(40)12-9-3/h13-14,18-23H,7-12,15-17H2,1-6H3/t21-,22-,23-/m1/s1. The van der Waals surface area contributed by atoms with Crippen LogP contribution in [0, 0.1) is 0 Å². The van der Waals surface area contributed by atoms with E-state index in [9.17, 15) is 33.6 Å². The van der Waals surface area contributed by atoms with Gasteiger partial charge in [0.25, 0.3) is 0 Å². The summed E-state index contributed by atoms with van der Waals surface area (Å²) in [4.78, 5) is 87.1. The molecule has 0 amide bonds. The molecule has 0 aliphatic rings. The molecule has 0 fully saturated rings. The molecule has 3 rings (SSSR count). The quantitative estimate of drug-likeness (QED) is 0.0489. The molecule has 0 aliphatic heterocycles. The van der Waals surface area contributed by atoms with Gasteiger partial charge >= 0.3 is 41.4 Å².